The summed E-state index contributed by atoms with van der Waals surface area (Å²) in [7, 11) is 0. The third-order valence-corrected chi connectivity index (χ3v) is 5.94. The van der Waals surface area contributed by atoms with Gasteiger partial charge in [0.25, 0.3) is 0 Å². The highest BCUT2D eigenvalue weighted by atomic mass is 32.1. The van der Waals surface area contributed by atoms with Gasteiger partial charge in [-0.25, -0.2) is 9.37 Å². The molecule has 0 saturated carbocycles. The zero-order chi connectivity index (χ0) is 22.7. The van der Waals surface area contributed by atoms with Crippen LogP contribution in [-0.2, 0) is 22.5 Å². The van der Waals surface area contributed by atoms with E-state index in [9.17, 15) is 9.18 Å². The van der Waals surface area contributed by atoms with Gasteiger partial charge in [-0.3, -0.25) is 9.69 Å². The molecule has 1 N–H and O–H groups in total. The third kappa shape index (κ3) is 5.76. The number of benzene rings is 1. The Morgan fingerprint density at radius 2 is 2.06 bits per heavy atom. The number of nitrogens with one attached hydrogen (secondary N) is 1. The van der Waals surface area contributed by atoms with E-state index in [2.05, 4.69) is 39.2 Å². The van der Waals surface area contributed by atoms with Crippen LogP contribution in [0.5, 0.6) is 0 Å². The number of hydrogen-bond donors (Lipinski definition) is 1. The Morgan fingerprint density at radius 3 is 2.81 bits per heavy atom. The maximum Gasteiger partial charge on any atom is 0.227 e. The van der Waals surface area contributed by atoms with E-state index in [1.54, 1.807) is 19.1 Å². The minimum Gasteiger partial charge on any atom is -0.373 e. The van der Waals surface area contributed by atoms with Crippen LogP contribution in [0.2, 0.25) is 0 Å². The molecule has 1 aromatic carbocycles. The molecule has 3 heterocycles. The van der Waals surface area contributed by atoms with E-state index in [4.69, 9.17) is 9.26 Å². The molecule has 170 valence electrons. The van der Waals surface area contributed by atoms with Crippen LogP contribution in [0.4, 0.5) is 9.52 Å². The van der Waals surface area contributed by atoms with Gasteiger partial charge in [0.15, 0.2) is 5.13 Å². The molecule has 32 heavy (non-hydrogen) atoms. The molecule has 0 aliphatic carbocycles. The molecule has 2 aromatic heterocycles. The number of hydrogen-bond acceptors (Lipinski definition) is 8. The lowest BCUT2D eigenvalue weighted by molar-refractivity contribution is -0.116. The lowest BCUT2D eigenvalue weighted by Crippen LogP contribution is -2.44. The van der Waals surface area contributed by atoms with E-state index in [1.807, 2.05) is 5.38 Å². The maximum absolute atomic E-state index is 13.4. The second-order valence-corrected chi connectivity index (χ2v) is 8.98. The van der Waals surface area contributed by atoms with Gasteiger partial charge in [0.2, 0.25) is 17.6 Å². The minimum absolute atomic E-state index is 0.170. The van der Waals surface area contributed by atoms with Crippen LogP contribution < -0.4 is 5.32 Å². The molecule has 1 aliphatic rings. The van der Waals surface area contributed by atoms with Crippen molar-refractivity contribution in [2.45, 2.75) is 52.4 Å². The largest absolute Gasteiger partial charge is 0.373 e. The van der Waals surface area contributed by atoms with Crippen LogP contribution in [0.25, 0.3) is 11.4 Å². The topological polar surface area (TPSA) is 93.4 Å². The van der Waals surface area contributed by atoms with Gasteiger partial charge in [0, 0.05) is 43.4 Å². The number of nitrogens with zero attached hydrogens (tertiary/aromatic N) is 4. The first-order valence-corrected chi connectivity index (χ1v) is 11.4. The standard InChI is InChI=1S/C22H26FN5O3S/c1-13-8-16(4-5-18(13)23)21-26-20(31-27-21)7-6-19(29)25-22-24-17(12-32-22)11-28-9-14(2)30-15(3)10-28/h4-5,8,12,14-15H,6-7,9-11H2,1-3H3,(H,24,25,29). The molecular weight excluding hydrogens is 433 g/mol. The molecule has 1 aliphatic heterocycles. The van der Waals surface area contributed by atoms with Crippen LogP contribution in [0.15, 0.2) is 28.1 Å². The number of aromatic nitrogens is 3. The maximum atomic E-state index is 13.4. The lowest BCUT2D eigenvalue weighted by atomic mass is 10.1. The van der Waals surface area contributed by atoms with Gasteiger partial charge >= 0.3 is 0 Å². The highest BCUT2D eigenvalue weighted by Gasteiger charge is 2.23. The van der Waals surface area contributed by atoms with Gasteiger partial charge in [-0.05, 0) is 44.5 Å². The van der Waals surface area contributed by atoms with Gasteiger partial charge in [0.05, 0.1) is 17.9 Å². The van der Waals surface area contributed by atoms with Crippen molar-refractivity contribution in [1.29, 1.82) is 0 Å². The number of amides is 1. The van der Waals surface area contributed by atoms with Crippen molar-refractivity contribution in [1.82, 2.24) is 20.0 Å². The fourth-order valence-corrected chi connectivity index (χ4v) is 4.46. The van der Waals surface area contributed by atoms with Crippen molar-refractivity contribution in [3.05, 3.63) is 46.5 Å². The Kier molecular flexibility index (Phi) is 6.92. The molecule has 2 atom stereocenters. The van der Waals surface area contributed by atoms with Crippen LogP contribution in [0.1, 0.15) is 37.4 Å². The van der Waals surface area contributed by atoms with Gasteiger partial charge in [-0.2, -0.15) is 4.98 Å². The van der Waals surface area contributed by atoms with E-state index in [0.717, 1.165) is 25.3 Å². The van der Waals surface area contributed by atoms with E-state index in [0.29, 0.717) is 34.4 Å². The van der Waals surface area contributed by atoms with E-state index in [-0.39, 0.29) is 30.4 Å². The van der Waals surface area contributed by atoms with E-state index in [1.165, 1.54) is 17.4 Å². The van der Waals surface area contributed by atoms with Crippen molar-refractivity contribution in [3.63, 3.8) is 0 Å². The summed E-state index contributed by atoms with van der Waals surface area (Å²) in [5.41, 5.74) is 2.11. The molecule has 1 fully saturated rings. The molecule has 2 unspecified atom stereocenters. The summed E-state index contributed by atoms with van der Waals surface area (Å²) in [6.45, 7) is 8.29. The van der Waals surface area contributed by atoms with Gasteiger partial charge in [-0.1, -0.05) is 5.16 Å². The van der Waals surface area contributed by atoms with Gasteiger partial charge in [0.1, 0.15) is 5.82 Å². The minimum atomic E-state index is -0.284. The summed E-state index contributed by atoms with van der Waals surface area (Å²) in [5, 5.41) is 9.30. The molecule has 4 rings (SSSR count). The third-order valence-electron chi connectivity index (χ3n) is 5.13. The first kappa shape index (κ1) is 22.5. The molecule has 0 bridgehead atoms. The summed E-state index contributed by atoms with van der Waals surface area (Å²) in [4.78, 5) is 23.5. The molecule has 1 saturated heterocycles. The van der Waals surface area contributed by atoms with Crippen LogP contribution in [0, 0.1) is 12.7 Å². The first-order valence-electron chi connectivity index (χ1n) is 10.6. The van der Waals surface area contributed by atoms with Crippen molar-refractivity contribution in [2.24, 2.45) is 0 Å². The average molecular weight is 460 g/mol. The summed E-state index contributed by atoms with van der Waals surface area (Å²) in [6, 6.07) is 4.63. The second kappa shape index (κ2) is 9.85. The average Bonchev–Trinajstić information content (AvgIpc) is 3.37. The molecule has 1 amide bonds. The van der Waals surface area contributed by atoms with Gasteiger partial charge < -0.3 is 14.6 Å². The zero-order valence-electron chi connectivity index (χ0n) is 18.3. The van der Waals surface area contributed by atoms with Crippen LogP contribution in [0.3, 0.4) is 0 Å². The van der Waals surface area contributed by atoms with E-state index < -0.39 is 0 Å². The first-order chi connectivity index (χ1) is 15.4. The lowest BCUT2D eigenvalue weighted by Gasteiger charge is -2.34. The molecule has 0 spiro atoms. The SMILES string of the molecule is Cc1cc(-c2noc(CCC(=O)Nc3nc(CN4CC(C)OC(C)C4)cs3)n2)ccc1F. The van der Waals surface area contributed by atoms with Crippen molar-refractivity contribution in [3.8, 4) is 11.4 Å². The quantitative estimate of drug-likeness (QED) is 0.574. The van der Waals surface area contributed by atoms with Gasteiger partial charge in [-0.15, -0.1) is 11.3 Å². The zero-order valence-corrected chi connectivity index (χ0v) is 19.1. The molecule has 0 radical (unpaired) electrons. The summed E-state index contributed by atoms with van der Waals surface area (Å²) >= 11 is 1.41. The summed E-state index contributed by atoms with van der Waals surface area (Å²) in [6.07, 6.45) is 0.904. The Bertz CT molecular complexity index is 1080. The smallest absolute Gasteiger partial charge is 0.227 e. The predicted octanol–water partition coefficient (Wildman–Crippen LogP) is 3.82. The highest BCUT2D eigenvalue weighted by molar-refractivity contribution is 7.13. The van der Waals surface area contributed by atoms with Crippen molar-refractivity contribution >= 4 is 22.4 Å². The number of aryl methyl sites for hydroxylation is 2. The normalized spacial score (nSPS) is 19.2. The Morgan fingerprint density at radius 1 is 1.28 bits per heavy atom. The molecule has 10 heteroatoms. The number of carbonyl (C=O) groups excluding carboxylic acids is 1. The fourth-order valence-electron chi connectivity index (χ4n) is 3.74. The number of morpholine rings is 1. The van der Waals surface area contributed by atoms with Crippen molar-refractivity contribution in [2.75, 3.05) is 18.4 Å². The number of halogens is 1. The van der Waals surface area contributed by atoms with Crippen LogP contribution in [-0.4, -0.2) is 51.2 Å². The van der Waals surface area contributed by atoms with Crippen molar-refractivity contribution < 1.29 is 18.4 Å². The monoisotopic (exact) mass is 459 g/mol. The molecular formula is C22H26FN5O3S. The summed E-state index contributed by atoms with van der Waals surface area (Å²) in [5.74, 6) is 0.276. The number of thiazole rings is 1. The predicted molar refractivity (Wildman–Crippen MR) is 119 cm³/mol. The van der Waals surface area contributed by atoms with Crippen LogP contribution >= 0.6 is 11.3 Å². The number of carbonyl (C=O) groups is 1. The Hall–Kier alpha value is -2.69. The Balaban J connectivity index is 1.27. The number of anilines is 1. The Labute approximate surface area is 189 Å². The number of ether oxygens (including phenoxy) is 1. The molecule has 8 nitrogen and oxygen atoms in total. The number of rotatable bonds is 7. The highest BCUT2D eigenvalue weighted by Crippen LogP contribution is 2.21. The fraction of sp³-hybridized carbons (Fsp3) is 0.455. The molecule has 3 aromatic rings. The summed E-state index contributed by atoms with van der Waals surface area (Å²) < 4.78 is 24.4. The second-order valence-electron chi connectivity index (χ2n) is 8.12. The van der Waals surface area contributed by atoms with E-state index >= 15 is 0 Å².